The summed E-state index contributed by atoms with van der Waals surface area (Å²) in [5.41, 5.74) is 0.708. The van der Waals surface area contributed by atoms with Crippen LogP contribution in [0.3, 0.4) is 0 Å². The minimum atomic E-state index is 0.708. The van der Waals surface area contributed by atoms with Crippen molar-refractivity contribution in [2.45, 2.75) is 0 Å². The molecule has 2 heteroatoms. The average Bonchev–Trinajstić information content (AvgIpc) is 1.91. The molecule has 0 unspecified atom stereocenters. The van der Waals surface area contributed by atoms with Gasteiger partial charge in [0.05, 0.1) is 5.69 Å². The Morgan fingerprint density at radius 2 is 1.89 bits per heavy atom. The summed E-state index contributed by atoms with van der Waals surface area (Å²) in [5, 5.41) is 11.6. The van der Waals surface area contributed by atoms with E-state index in [0.29, 0.717) is 5.69 Å². The summed E-state index contributed by atoms with van der Waals surface area (Å²) >= 11 is 0. The Kier molecular flexibility index (Phi) is 1.71. The second-order valence-corrected chi connectivity index (χ2v) is 1.55. The zero-order valence-corrected chi connectivity index (χ0v) is 4.78. The van der Waals surface area contributed by atoms with Gasteiger partial charge in [-0.25, -0.2) is 0 Å². The molecule has 0 aliphatic heterocycles. The fourth-order valence-corrected chi connectivity index (χ4v) is 0.560. The molecule has 1 rings (SSSR count). The van der Waals surface area contributed by atoms with Gasteiger partial charge in [0, 0.05) is 0 Å². The Balaban J connectivity index is 2.76. The zero-order chi connectivity index (χ0) is 6.53. The Hall–Kier alpha value is -1.49. The van der Waals surface area contributed by atoms with Crippen molar-refractivity contribution in [2.24, 2.45) is 0 Å². The summed E-state index contributed by atoms with van der Waals surface area (Å²) in [6, 6.07) is 9.13. The molecule has 0 fully saturated rings. The minimum Gasteiger partial charge on any atom is -0.174 e. The van der Waals surface area contributed by atoms with Crippen LogP contribution >= 0.6 is 0 Å². The highest BCUT2D eigenvalue weighted by Crippen LogP contribution is 2.02. The van der Waals surface area contributed by atoms with Crippen molar-refractivity contribution in [3.63, 3.8) is 0 Å². The molecule has 1 aromatic carbocycles. The topological polar surface area (TPSA) is 37.9 Å². The number of nitrogens with zero attached hydrogens (tertiary/aromatic N) is 2. The van der Waals surface area contributed by atoms with Crippen LogP contribution in [-0.4, -0.2) is 0 Å². The maximum Gasteiger partial charge on any atom is 0.206 e. The fourth-order valence-electron chi connectivity index (χ4n) is 0.560. The largest absolute Gasteiger partial charge is 0.206 e. The summed E-state index contributed by atoms with van der Waals surface area (Å²) < 4.78 is 0. The maximum absolute atomic E-state index is 8.10. The molecule has 0 atom stereocenters. The van der Waals surface area contributed by atoms with Crippen LogP contribution in [0.25, 0.3) is 0 Å². The molecule has 0 amide bonds. The summed E-state index contributed by atoms with van der Waals surface area (Å²) in [6.45, 7) is 0. The molecular formula is C7H5N2. The Labute approximate surface area is 53.7 Å². The molecule has 9 heavy (non-hydrogen) atoms. The lowest BCUT2D eigenvalue weighted by atomic mass is 10.3. The van der Waals surface area contributed by atoms with Crippen molar-refractivity contribution in [3.05, 3.63) is 30.3 Å². The van der Waals surface area contributed by atoms with E-state index in [0.717, 1.165) is 0 Å². The molecule has 43 valence electrons. The van der Waals surface area contributed by atoms with Crippen LogP contribution in [0.15, 0.2) is 30.3 Å². The highest BCUT2D eigenvalue weighted by atomic mass is 14.9. The van der Waals surface area contributed by atoms with Crippen LogP contribution in [0, 0.1) is 11.5 Å². The third-order valence-electron chi connectivity index (χ3n) is 0.935. The van der Waals surface area contributed by atoms with Crippen molar-refractivity contribution in [3.8, 4) is 6.19 Å². The highest BCUT2D eigenvalue weighted by Gasteiger charge is 1.84. The highest BCUT2D eigenvalue weighted by molar-refractivity contribution is 5.36. The number of hydrogen-bond donors (Lipinski definition) is 0. The number of nitriles is 1. The molecule has 0 saturated carbocycles. The van der Waals surface area contributed by atoms with Crippen LogP contribution in [0.2, 0.25) is 0 Å². The molecule has 0 bridgehead atoms. The van der Waals surface area contributed by atoms with Gasteiger partial charge in [-0.1, -0.05) is 18.2 Å². The standard InChI is InChI=1S/C7H5N2/c8-6-9-7-4-2-1-3-5-7/h1-5H. The van der Waals surface area contributed by atoms with Crippen LogP contribution < -0.4 is 5.32 Å². The van der Waals surface area contributed by atoms with Crippen molar-refractivity contribution in [1.29, 1.82) is 5.26 Å². The Morgan fingerprint density at radius 1 is 1.22 bits per heavy atom. The molecule has 0 aliphatic rings. The summed E-state index contributed by atoms with van der Waals surface area (Å²) in [6.07, 6.45) is 1.71. The Bertz CT molecular complexity index is 210. The molecule has 1 radical (unpaired) electrons. The second-order valence-electron chi connectivity index (χ2n) is 1.55. The van der Waals surface area contributed by atoms with Gasteiger partial charge in [-0.2, -0.15) is 10.6 Å². The zero-order valence-electron chi connectivity index (χ0n) is 4.78. The van der Waals surface area contributed by atoms with Gasteiger partial charge in [-0.05, 0) is 12.1 Å². The number of para-hydroxylation sites is 1. The molecule has 1 aromatic rings. The lowest BCUT2D eigenvalue weighted by Gasteiger charge is -1.87. The number of hydrogen-bond acceptors (Lipinski definition) is 1. The van der Waals surface area contributed by atoms with Crippen LogP contribution in [0.5, 0.6) is 0 Å². The predicted octanol–water partition coefficient (Wildman–Crippen LogP) is 1.40. The molecule has 0 aromatic heterocycles. The smallest absolute Gasteiger partial charge is 0.174 e. The number of benzene rings is 1. The van der Waals surface area contributed by atoms with E-state index in [4.69, 9.17) is 5.26 Å². The summed E-state index contributed by atoms with van der Waals surface area (Å²) in [7, 11) is 0. The average molecular weight is 117 g/mol. The summed E-state index contributed by atoms with van der Waals surface area (Å²) in [4.78, 5) is 0. The van der Waals surface area contributed by atoms with Gasteiger partial charge < -0.3 is 0 Å². The van der Waals surface area contributed by atoms with Crippen molar-refractivity contribution in [1.82, 2.24) is 5.32 Å². The van der Waals surface area contributed by atoms with Gasteiger partial charge >= 0.3 is 0 Å². The third kappa shape index (κ3) is 1.46. The molecule has 2 nitrogen and oxygen atoms in total. The van der Waals surface area contributed by atoms with Gasteiger partial charge in [0.2, 0.25) is 6.19 Å². The van der Waals surface area contributed by atoms with Gasteiger partial charge in [0.25, 0.3) is 0 Å². The first-order valence-corrected chi connectivity index (χ1v) is 2.58. The normalized spacial score (nSPS) is 7.89. The van der Waals surface area contributed by atoms with Crippen molar-refractivity contribution < 1.29 is 0 Å². The van der Waals surface area contributed by atoms with Crippen LogP contribution in [0.1, 0.15) is 0 Å². The van der Waals surface area contributed by atoms with Gasteiger partial charge in [-0.3, -0.25) is 0 Å². The van der Waals surface area contributed by atoms with Crippen LogP contribution in [0.4, 0.5) is 5.69 Å². The first-order chi connectivity index (χ1) is 4.43. The quantitative estimate of drug-likeness (QED) is 0.512. The van der Waals surface area contributed by atoms with Crippen LogP contribution in [-0.2, 0) is 0 Å². The molecule has 0 aliphatic carbocycles. The minimum absolute atomic E-state index is 0.708. The van der Waals surface area contributed by atoms with E-state index < -0.39 is 0 Å². The lowest BCUT2D eigenvalue weighted by Crippen LogP contribution is -1.82. The Morgan fingerprint density at radius 3 is 2.44 bits per heavy atom. The molecular weight excluding hydrogens is 112 g/mol. The van der Waals surface area contributed by atoms with Gasteiger partial charge in [-0.15, -0.1) is 0 Å². The van der Waals surface area contributed by atoms with E-state index in [-0.39, 0.29) is 0 Å². The van der Waals surface area contributed by atoms with Crippen molar-refractivity contribution >= 4 is 5.69 Å². The first kappa shape index (κ1) is 5.64. The van der Waals surface area contributed by atoms with E-state index >= 15 is 0 Å². The van der Waals surface area contributed by atoms with Gasteiger partial charge in [0.1, 0.15) is 0 Å². The molecule has 0 heterocycles. The van der Waals surface area contributed by atoms with Gasteiger partial charge in [0.15, 0.2) is 0 Å². The maximum atomic E-state index is 8.10. The second kappa shape index (κ2) is 2.73. The molecule has 0 spiro atoms. The predicted molar refractivity (Wildman–Crippen MR) is 33.8 cm³/mol. The number of rotatable bonds is 1. The monoisotopic (exact) mass is 117 g/mol. The molecule has 0 N–H and O–H groups in total. The third-order valence-corrected chi connectivity index (χ3v) is 0.935. The first-order valence-electron chi connectivity index (χ1n) is 2.58. The fraction of sp³-hybridized carbons (Fsp3) is 0. The van der Waals surface area contributed by atoms with E-state index in [1.165, 1.54) is 0 Å². The van der Waals surface area contributed by atoms with E-state index in [9.17, 15) is 0 Å². The summed E-state index contributed by atoms with van der Waals surface area (Å²) in [5.74, 6) is 0. The molecule has 0 saturated heterocycles. The SMILES string of the molecule is N#C[N]c1ccccc1. The van der Waals surface area contributed by atoms with Crippen molar-refractivity contribution in [2.75, 3.05) is 0 Å². The van der Waals surface area contributed by atoms with E-state index in [2.05, 4.69) is 5.32 Å². The van der Waals surface area contributed by atoms with E-state index in [1.54, 1.807) is 18.3 Å². The van der Waals surface area contributed by atoms with E-state index in [1.807, 2.05) is 18.2 Å². The lowest BCUT2D eigenvalue weighted by molar-refractivity contribution is 1.18.